The van der Waals surface area contributed by atoms with Crippen molar-refractivity contribution in [2.75, 3.05) is 20.6 Å². The first kappa shape index (κ1) is 34.9. The number of hydrogen-bond acceptors (Lipinski definition) is 5. The zero-order valence-electron chi connectivity index (χ0n) is 31.3. The molecule has 1 aliphatic heterocycles. The number of nitrogens with one attached hydrogen (secondary N) is 1. The molecule has 1 heterocycles. The molecule has 5 atom stereocenters. The zero-order valence-corrected chi connectivity index (χ0v) is 31.3. The van der Waals surface area contributed by atoms with Gasteiger partial charge in [0.2, 0.25) is 11.8 Å². The van der Waals surface area contributed by atoms with Crippen LogP contribution in [0.25, 0.3) is 0 Å². The van der Waals surface area contributed by atoms with Gasteiger partial charge in [0.15, 0.2) is 11.6 Å². The van der Waals surface area contributed by atoms with E-state index in [2.05, 4.69) is 76.0 Å². The highest BCUT2D eigenvalue weighted by molar-refractivity contribution is 5.96. The molecule has 1 N–H and O–H groups in total. The van der Waals surface area contributed by atoms with Gasteiger partial charge in [-0.25, -0.2) is 0 Å². The molecule has 0 spiro atoms. The second kappa shape index (κ2) is 12.6. The van der Waals surface area contributed by atoms with Gasteiger partial charge < -0.3 is 10.2 Å². The Morgan fingerprint density at radius 3 is 2.12 bits per heavy atom. The molecule has 7 nitrogen and oxygen atoms in total. The minimum Gasteiger partial charge on any atom is -0.353 e. The quantitative estimate of drug-likeness (QED) is 0.218. The van der Waals surface area contributed by atoms with Crippen LogP contribution < -0.4 is 5.32 Å². The van der Waals surface area contributed by atoms with E-state index >= 15 is 0 Å². The average molecular weight is 672 g/mol. The molecule has 6 aliphatic carbocycles. The first-order valence-electron chi connectivity index (χ1n) is 19.7. The number of amides is 2. The average Bonchev–Trinajstić information content (AvgIpc) is 3.06. The molecule has 7 fully saturated rings. The van der Waals surface area contributed by atoms with Crippen molar-refractivity contribution in [3.8, 4) is 0 Å². The summed E-state index contributed by atoms with van der Waals surface area (Å²) >= 11 is 0. The maximum atomic E-state index is 14.3. The van der Waals surface area contributed by atoms with Gasteiger partial charge in [-0.3, -0.25) is 24.1 Å². The number of hydrogen-bond donors (Lipinski definition) is 1. The summed E-state index contributed by atoms with van der Waals surface area (Å²) in [4.78, 5) is 59.9. The Kier molecular flexibility index (Phi) is 8.97. The lowest BCUT2D eigenvalue weighted by atomic mass is 8.92. The van der Waals surface area contributed by atoms with Crippen LogP contribution in [0, 0.1) is 70.0 Å². The Labute approximate surface area is 294 Å². The molecule has 0 radical (unpaired) electrons. The van der Waals surface area contributed by atoms with Gasteiger partial charge in [0.05, 0.1) is 17.5 Å². The molecule has 0 bridgehead atoms. The van der Waals surface area contributed by atoms with Gasteiger partial charge >= 0.3 is 0 Å². The van der Waals surface area contributed by atoms with Crippen molar-refractivity contribution in [2.45, 2.75) is 111 Å². The molecular weight excluding hydrogens is 610 g/mol. The third kappa shape index (κ3) is 4.82. The van der Waals surface area contributed by atoms with Crippen LogP contribution in [-0.4, -0.2) is 71.9 Å². The van der Waals surface area contributed by atoms with E-state index in [9.17, 15) is 19.2 Å². The van der Waals surface area contributed by atoms with Crippen molar-refractivity contribution in [3.05, 3.63) is 35.9 Å². The van der Waals surface area contributed by atoms with Crippen LogP contribution in [0.15, 0.2) is 30.3 Å². The van der Waals surface area contributed by atoms with Crippen LogP contribution in [0.3, 0.4) is 0 Å². The van der Waals surface area contributed by atoms with Crippen molar-refractivity contribution < 1.29 is 19.2 Å². The van der Waals surface area contributed by atoms with Gasteiger partial charge in [0.1, 0.15) is 0 Å². The van der Waals surface area contributed by atoms with E-state index in [1.807, 2.05) is 13.1 Å². The normalized spacial score (nSPS) is 36.9. The third-order valence-electron chi connectivity index (χ3n) is 15.1. The lowest BCUT2D eigenvalue weighted by molar-refractivity contribution is -0.640. The summed E-state index contributed by atoms with van der Waals surface area (Å²) < 4.78 is 0. The number of nitrogens with zero attached hydrogens (tertiary/aromatic N) is 2. The van der Waals surface area contributed by atoms with E-state index in [1.165, 1.54) is 5.56 Å². The summed E-state index contributed by atoms with van der Waals surface area (Å²) in [5.74, 6) is 3.61. The number of carbonyl (C=O) groups is 4. The summed E-state index contributed by atoms with van der Waals surface area (Å²) in [6.45, 7) is 13.6. The van der Waals surface area contributed by atoms with Crippen molar-refractivity contribution in [1.82, 2.24) is 15.1 Å². The van der Waals surface area contributed by atoms with Gasteiger partial charge in [0.25, 0.3) is 0 Å². The highest BCUT2D eigenvalue weighted by Crippen LogP contribution is 3.10. The van der Waals surface area contributed by atoms with E-state index in [1.54, 1.807) is 11.9 Å². The molecule has 1 saturated heterocycles. The minimum atomic E-state index is -0.487. The molecule has 6 saturated carbocycles. The summed E-state index contributed by atoms with van der Waals surface area (Å²) in [5.41, 5.74) is 1.18. The molecule has 268 valence electrons. The topological polar surface area (TPSA) is 86.8 Å². The van der Waals surface area contributed by atoms with E-state index in [0.29, 0.717) is 47.8 Å². The second-order valence-corrected chi connectivity index (χ2v) is 18.1. The molecule has 7 aliphatic rings. The Bertz CT molecular complexity index is 1420. The molecular formula is C42H61N3O4. The predicted molar refractivity (Wildman–Crippen MR) is 191 cm³/mol. The first-order chi connectivity index (χ1) is 23.3. The van der Waals surface area contributed by atoms with E-state index < -0.39 is 12.0 Å². The number of likely N-dealkylation sites (tertiary alicyclic amines) is 1. The highest BCUT2D eigenvalue weighted by atomic mass is 16.2. The SMILES string of the molecule is CC[C@H](C)[C@H](CC(=O)[C@H]1CCCCN1C)C(=O)N(C)[C@H](C(=O)CC12C3C4C1C1C2C3C41C(=O)N[C@@H](Cc1ccccc1)CC(C)C)C(C)C. The van der Waals surface area contributed by atoms with Crippen LogP contribution in [-0.2, 0) is 25.6 Å². The van der Waals surface area contributed by atoms with Crippen LogP contribution in [0.2, 0.25) is 0 Å². The number of piperidine rings is 1. The minimum absolute atomic E-state index is 0.00816. The van der Waals surface area contributed by atoms with Crippen LogP contribution >= 0.6 is 0 Å². The lowest BCUT2D eigenvalue weighted by Gasteiger charge is -3.11. The number of Topliss-reactive ketones (excluding diaryl/α,β-unsaturated/α-hetero) is 2. The highest BCUT2D eigenvalue weighted by Gasteiger charge is 3.11. The van der Waals surface area contributed by atoms with E-state index in [4.69, 9.17) is 0 Å². The summed E-state index contributed by atoms with van der Waals surface area (Å²) in [5, 5.41) is 3.53. The first-order valence-corrected chi connectivity index (χ1v) is 19.7. The molecule has 0 aromatic heterocycles. The second-order valence-electron chi connectivity index (χ2n) is 18.1. The Morgan fingerprint density at radius 1 is 0.939 bits per heavy atom. The maximum absolute atomic E-state index is 14.3. The van der Waals surface area contributed by atoms with E-state index in [-0.39, 0.29) is 64.6 Å². The molecule has 49 heavy (non-hydrogen) atoms. The monoisotopic (exact) mass is 671 g/mol. The predicted octanol–water partition coefficient (Wildman–Crippen LogP) is 6.05. The largest absolute Gasteiger partial charge is 0.353 e. The van der Waals surface area contributed by atoms with Gasteiger partial charge in [-0.1, -0.05) is 84.7 Å². The summed E-state index contributed by atoms with van der Waals surface area (Å²) in [6.07, 6.45) is 6.47. The number of carbonyl (C=O) groups excluding carboxylic acids is 4. The smallest absolute Gasteiger partial charge is 0.227 e. The third-order valence-corrected chi connectivity index (χ3v) is 15.1. The fourth-order valence-electron chi connectivity index (χ4n) is 13.0. The number of rotatable bonds is 17. The number of benzene rings is 1. The Hall–Kier alpha value is -2.54. The standard InChI is InChI=1S/C42H61N3O4/c1-9-25(6)28(21-30(46)29-17-13-14-18-44(29)7)39(48)45(8)38(24(4)5)31(47)22-41-32-35-33(41)37-34(41)36(32)42(35,37)40(49)43-27(19-23(2)3)20-26-15-11-10-12-16-26/h10-12,15-16,23-25,27-29,32-38H,9,13-14,17-22H2,1-8H3,(H,43,49)/t25-,27+,28-,29+,32?,33?,34?,35?,36?,37?,38-,41?,42?/m0/s1. The fourth-order valence-corrected chi connectivity index (χ4v) is 13.0. The molecule has 2 amide bonds. The van der Waals surface area contributed by atoms with Crippen LogP contribution in [0.5, 0.6) is 0 Å². The maximum Gasteiger partial charge on any atom is 0.227 e. The van der Waals surface area contributed by atoms with Crippen LogP contribution in [0.1, 0.15) is 92.1 Å². The summed E-state index contributed by atoms with van der Waals surface area (Å²) in [7, 11) is 3.83. The van der Waals surface area contributed by atoms with Crippen molar-refractivity contribution >= 4 is 23.4 Å². The fraction of sp³-hybridized carbons (Fsp3) is 0.762. The molecule has 1 aromatic rings. The lowest BCUT2D eigenvalue weighted by Crippen LogP contribution is -3.11. The molecule has 8 rings (SSSR count). The Balaban J connectivity index is 0.989. The molecule has 1 aromatic carbocycles. The molecule has 0 unspecified atom stereocenters. The van der Waals surface area contributed by atoms with Gasteiger partial charge in [-0.05, 0) is 104 Å². The van der Waals surface area contributed by atoms with Crippen molar-refractivity contribution in [2.24, 2.45) is 70.0 Å². The zero-order chi connectivity index (χ0) is 35.2. The van der Waals surface area contributed by atoms with Gasteiger partial charge in [0, 0.05) is 31.8 Å². The van der Waals surface area contributed by atoms with Gasteiger partial charge in [-0.2, -0.15) is 0 Å². The Morgan fingerprint density at radius 2 is 1.57 bits per heavy atom. The van der Waals surface area contributed by atoms with Crippen LogP contribution in [0.4, 0.5) is 0 Å². The van der Waals surface area contributed by atoms with Gasteiger partial charge in [-0.15, -0.1) is 0 Å². The van der Waals surface area contributed by atoms with E-state index in [0.717, 1.165) is 45.1 Å². The number of ketones is 2. The van der Waals surface area contributed by atoms with Crippen molar-refractivity contribution in [3.63, 3.8) is 0 Å². The van der Waals surface area contributed by atoms with Crippen molar-refractivity contribution in [1.29, 1.82) is 0 Å². The summed E-state index contributed by atoms with van der Waals surface area (Å²) in [6, 6.07) is 10.0. The molecule has 7 heteroatoms. The number of likely N-dealkylation sites (N-methyl/N-ethyl adjacent to an activating group) is 2.